The van der Waals surface area contributed by atoms with Crippen molar-refractivity contribution in [2.75, 3.05) is 6.54 Å². The Bertz CT molecular complexity index is 569. The molecule has 0 aliphatic rings. The third-order valence-electron chi connectivity index (χ3n) is 2.85. The van der Waals surface area contributed by atoms with E-state index in [0.717, 1.165) is 5.56 Å². The Kier molecular flexibility index (Phi) is 7.02. The molecule has 4 nitrogen and oxygen atoms in total. The molecule has 1 rings (SSSR count). The van der Waals surface area contributed by atoms with Gasteiger partial charge in [0.25, 0.3) is 0 Å². The van der Waals surface area contributed by atoms with Crippen LogP contribution in [0.1, 0.15) is 40.2 Å². The van der Waals surface area contributed by atoms with Crippen LogP contribution in [0.2, 0.25) is 15.1 Å². The fourth-order valence-electron chi connectivity index (χ4n) is 1.86. The van der Waals surface area contributed by atoms with Gasteiger partial charge in [-0.15, -0.1) is 0 Å². The molecular formula is C16H23Cl3N2O2. The van der Waals surface area contributed by atoms with Gasteiger partial charge in [0.15, 0.2) is 0 Å². The maximum Gasteiger partial charge on any atom is 0.408 e. The molecule has 0 fully saturated rings. The SMILES string of the molecule is CC(C)(CNCc1c(Cl)ccc(Cl)c1Cl)NC(=O)OC(C)(C)C. The van der Waals surface area contributed by atoms with Crippen LogP contribution in [0.5, 0.6) is 0 Å². The van der Waals surface area contributed by atoms with Gasteiger partial charge >= 0.3 is 6.09 Å². The summed E-state index contributed by atoms with van der Waals surface area (Å²) in [5, 5.41) is 7.48. The van der Waals surface area contributed by atoms with Crippen molar-refractivity contribution >= 4 is 40.9 Å². The van der Waals surface area contributed by atoms with Gasteiger partial charge in [-0.3, -0.25) is 0 Å². The van der Waals surface area contributed by atoms with Crippen molar-refractivity contribution in [3.8, 4) is 0 Å². The number of nitrogens with one attached hydrogen (secondary N) is 2. The molecule has 0 aliphatic heterocycles. The predicted octanol–water partition coefficient (Wildman–Crippen LogP) is 5.04. The molecule has 0 aliphatic carbocycles. The standard InChI is InChI=1S/C16H23Cl3N2O2/c1-15(2,3)23-14(22)21-16(4,5)9-20-8-10-11(17)6-7-12(18)13(10)19/h6-7,20H,8-9H2,1-5H3,(H,21,22). The summed E-state index contributed by atoms with van der Waals surface area (Å²) in [7, 11) is 0. The van der Waals surface area contributed by atoms with Crippen LogP contribution in [-0.2, 0) is 11.3 Å². The summed E-state index contributed by atoms with van der Waals surface area (Å²) in [6, 6.07) is 3.36. The third kappa shape index (κ3) is 7.17. The molecule has 0 atom stereocenters. The summed E-state index contributed by atoms with van der Waals surface area (Å²) >= 11 is 18.3. The number of carbonyl (C=O) groups excluding carboxylic acids is 1. The number of ether oxygens (including phenoxy) is 1. The lowest BCUT2D eigenvalue weighted by molar-refractivity contribution is 0.0472. The number of benzene rings is 1. The van der Waals surface area contributed by atoms with E-state index in [2.05, 4.69) is 10.6 Å². The Morgan fingerprint density at radius 1 is 1.09 bits per heavy atom. The van der Waals surface area contributed by atoms with Crippen LogP contribution in [0, 0.1) is 0 Å². The van der Waals surface area contributed by atoms with Crippen molar-refractivity contribution in [1.29, 1.82) is 0 Å². The van der Waals surface area contributed by atoms with E-state index in [1.54, 1.807) is 12.1 Å². The van der Waals surface area contributed by atoms with Crippen molar-refractivity contribution < 1.29 is 9.53 Å². The Balaban J connectivity index is 2.57. The van der Waals surface area contributed by atoms with Crippen LogP contribution >= 0.6 is 34.8 Å². The minimum atomic E-state index is -0.532. The molecule has 0 radical (unpaired) electrons. The quantitative estimate of drug-likeness (QED) is 0.702. The first kappa shape index (κ1) is 20.4. The van der Waals surface area contributed by atoms with E-state index < -0.39 is 17.2 Å². The molecule has 2 N–H and O–H groups in total. The molecule has 7 heteroatoms. The summed E-state index contributed by atoms with van der Waals surface area (Å²) in [6.07, 6.45) is -0.455. The Hall–Kier alpha value is -0.680. The van der Waals surface area contributed by atoms with Gasteiger partial charge in [-0.25, -0.2) is 4.79 Å². The van der Waals surface area contributed by atoms with E-state index in [1.807, 2.05) is 34.6 Å². The van der Waals surface area contributed by atoms with Crippen LogP contribution in [0.4, 0.5) is 4.79 Å². The van der Waals surface area contributed by atoms with Gasteiger partial charge in [-0.1, -0.05) is 34.8 Å². The smallest absolute Gasteiger partial charge is 0.408 e. The van der Waals surface area contributed by atoms with Gasteiger partial charge in [-0.2, -0.15) is 0 Å². The molecule has 1 amide bonds. The normalized spacial score (nSPS) is 12.2. The van der Waals surface area contributed by atoms with Gasteiger partial charge in [0.1, 0.15) is 5.60 Å². The first-order chi connectivity index (χ1) is 10.4. The number of hydrogen-bond acceptors (Lipinski definition) is 3. The van der Waals surface area contributed by atoms with Crippen molar-refractivity contribution in [3.05, 3.63) is 32.8 Å². The van der Waals surface area contributed by atoms with Gasteiger partial charge in [0.2, 0.25) is 0 Å². The lowest BCUT2D eigenvalue weighted by Gasteiger charge is -2.29. The summed E-state index contributed by atoms with van der Waals surface area (Å²) in [6.45, 7) is 10.2. The Morgan fingerprint density at radius 2 is 1.65 bits per heavy atom. The zero-order valence-corrected chi connectivity index (χ0v) is 16.3. The average Bonchev–Trinajstić information content (AvgIpc) is 2.35. The molecule has 0 unspecified atom stereocenters. The topological polar surface area (TPSA) is 50.4 Å². The second-order valence-electron chi connectivity index (χ2n) is 6.94. The monoisotopic (exact) mass is 380 g/mol. The number of carbonyl (C=O) groups is 1. The number of halogens is 3. The van der Waals surface area contributed by atoms with Gasteiger partial charge in [0.05, 0.1) is 15.6 Å². The van der Waals surface area contributed by atoms with E-state index in [1.165, 1.54) is 0 Å². The van der Waals surface area contributed by atoms with Gasteiger partial charge in [-0.05, 0) is 46.8 Å². The fraction of sp³-hybridized carbons (Fsp3) is 0.562. The lowest BCUT2D eigenvalue weighted by atomic mass is 10.1. The van der Waals surface area contributed by atoms with Crippen molar-refractivity contribution in [2.24, 2.45) is 0 Å². The molecule has 0 saturated heterocycles. The Morgan fingerprint density at radius 3 is 2.22 bits per heavy atom. The van der Waals surface area contributed by atoms with Crippen LogP contribution in [0.3, 0.4) is 0 Å². The van der Waals surface area contributed by atoms with Gasteiger partial charge in [0, 0.05) is 23.7 Å². The summed E-state index contributed by atoms with van der Waals surface area (Å²) in [5.41, 5.74) is -0.302. The molecule has 0 saturated carbocycles. The maximum atomic E-state index is 11.8. The van der Waals surface area contributed by atoms with E-state index in [0.29, 0.717) is 28.2 Å². The highest BCUT2D eigenvalue weighted by Gasteiger charge is 2.24. The maximum absolute atomic E-state index is 11.8. The molecular weight excluding hydrogens is 359 g/mol. The van der Waals surface area contributed by atoms with Gasteiger partial charge < -0.3 is 15.4 Å². The highest BCUT2D eigenvalue weighted by molar-refractivity contribution is 6.44. The van der Waals surface area contributed by atoms with Crippen molar-refractivity contribution in [2.45, 2.75) is 52.3 Å². The molecule has 0 aromatic heterocycles. The van der Waals surface area contributed by atoms with Crippen molar-refractivity contribution in [1.82, 2.24) is 10.6 Å². The minimum Gasteiger partial charge on any atom is -0.444 e. The van der Waals surface area contributed by atoms with Crippen LogP contribution in [0.25, 0.3) is 0 Å². The second-order valence-corrected chi connectivity index (χ2v) is 8.13. The first-order valence-corrected chi connectivity index (χ1v) is 8.39. The van der Waals surface area contributed by atoms with E-state index in [-0.39, 0.29) is 0 Å². The summed E-state index contributed by atoms with van der Waals surface area (Å²) < 4.78 is 5.25. The first-order valence-electron chi connectivity index (χ1n) is 7.25. The van der Waals surface area contributed by atoms with E-state index in [4.69, 9.17) is 39.5 Å². The van der Waals surface area contributed by atoms with Crippen molar-refractivity contribution in [3.63, 3.8) is 0 Å². The highest BCUT2D eigenvalue weighted by Crippen LogP contribution is 2.31. The van der Waals surface area contributed by atoms with Crippen LogP contribution < -0.4 is 10.6 Å². The molecule has 130 valence electrons. The molecule has 0 spiro atoms. The number of alkyl carbamates (subject to hydrolysis) is 1. The highest BCUT2D eigenvalue weighted by atomic mass is 35.5. The third-order valence-corrected chi connectivity index (χ3v) is 4.04. The van der Waals surface area contributed by atoms with Crippen LogP contribution in [0.15, 0.2) is 12.1 Å². The lowest BCUT2D eigenvalue weighted by Crippen LogP contribution is -2.51. The minimum absolute atomic E-state index is 0.435. The molecule has 1 aromatic rings. The molecule has 1 aromatic carbocycles. The molecule has 23 heavy (non-hydrogen) atoms. The summed E-state index contributed by atoms with van der Waals surface area (Å²) in [5.74, 6) is 0. The van der Waals surface area contributed by atoms with E-state index >= 15 is 0 Å². The number of amides is 1. The Labute approximate surface area is 152 Å². The average molecular weight is 382 g/mol. The molecule has 0 bridgehead atoms. The number of rotatable bonds is 5. The molecule has 0 heterocycles. The predicted molar refractivity (Wildman–Crippen MR) is 96.6 cm³/mol. The zero-order chi connectivity index (χ0) is 17.8. The zero-order valence-electron chi connectivity index (χ0n) is 14.0. The largest absolute Gasteiger partial charge is 0.444 e. The fourth-order valence-corrected chi connectivity index (χ4v) is 2.54. The summed E-state index contributed by atoms with van der Waals surface area (Å²) in [4.78, 5) is 11.8. The van der Waals surface area contributed by atoms with E-state index in [9.17, 15) is 4.79 Å². The number of hydrogen-bond donors (Lipinski definition) is 2. The van der Waals surface area contributed by atoms with Crippen LogP contribution in [-0.4, -0.2) is 23.8 Å². The second kappa shape index (κ2) is 7.93.